The summed E-state index contributed by atoms with van der Waals surface area (Å²) in [6, 6.07) is 19.1. The first-order valence-electron chi connectivity index (χ1n) is 5.18. The average Bonchev–Trinajstić information content (AvgIpc) is 2.30. The van der Waals surface area contributed by atoms with Crippen LogP contribution in [0, 0.1) is 0 Å². The Hall–Kier alpha value is -0.550. The summed E-state index contributed by atoms with van der Waals surface area (Å²) in [4.78, 5) is 0. The Morgan fingerprint density at radius 3 is 1.94 bits per heavy atom. The van der Waals surface area contributed by atoms with Crippen molar-refractivity contribution < 1.29 is 0 Å². The lowest BCUT2D eigenvalue weighted by molar-refractivity contribution is 0.930. The topological polar surface area (TPSA) is 0 Å². The minimum Gasteiger partial charge on any atom is -0.147 e. The van der Waals surface area contributed by atoms with Gasteiger partial charge in [-0.25, -0.2) is 0 Å². The monoisotopic (exact) mass is 286 g/mol. The van der Waals surface area contributed by atoms with Crippen LogP contribution in [0.15, 0.2) is 54.6 Å². The predicted molar refractivity (Wildman–Crippen MR) is 84.2 cm³/mol. The van der Waals surface area contributed by atoms with E-state index in [-0.39, 0.29) is 24.8 Å². The lowest BCUT2D eigenvalue weighted by atomic mass is 9.93. The number of hydrogen-bond acceptors (Lipinski definition) is 0. The lowest BCUT2D eigenvalue weighted by Crippen LogP contribution is -2.06. The summed E-state index contributed by atoms with van der Waals surface area (Å²) in [5.41, 5.74) is 2.75. The molecular weight excluding hydrogens is 270 g/mol. The number of halogens is 2. The molecule has 2 aromatic carbocycles. The highest BCUT2D eigenvalue weighted by atomic mass is 35.5. The van der Waals surface area contributed by atoms with E-state index in [4.69, 9.17) is 0 Å². The second-order valence-electron chi connectivity index (χ2n) is 3.76. The number of hydrogen-bond donors (Lipinski definition) is 0. The molecular formula is C14H17Cl2P. The van der Waals surface area contributed by atoms with Crippen molar-refractivity contribution in [3.63, 3.8) is 0 Å². The molecule has 0 spiro atoms. The van der Waals surface area contributed by atoms with Gasteiger partial charge in [0.15, 0.2) is 0 Å². The molecule has 92 valence electrons. The molecule has 17 heavy (non-hydrogen) atoms. The van der Waals surface area contributed by atoms with Gasteiger partial charge in [0.2, 0.25) is 0 Å². The molecule has 0 radical (unpaired) electrons. The molecule has 0 saturated carbocycles. The van der Waals surface area contributed by atoms with Crippen LogP contribution in [-0.4, -0.2) is 0 Å². The smallest absolute Gasteiger partial charge is 0.00671 e. The Balaban J connectivity index is 0.00000128. The number of rotatable bonds is 2. The van der Waals surface area contributed by atoms with Crippen molar-refractivity contribution in [1.29, 1.82) is 0 Å². The van der Waals surface area contributed by atoms with Gasteiger partial charge < -0.3 is 0 Å². The zero-order chi connectivity index (χ0) is 10.7. The minimum atomic E-state index is 0. The van der Waals surface area contributed by atoms with Crippen molar-refractivity contribution in [3.8, 4) is 0 Å². The van der Waals surface area contributed by atoms with E-state index in [2.05, 4.69) is 70.8 Å². The van der Waals surface area contributed by atoms with Gasteiger partial charge in [-0.1, -0.05) is 61.5 Å². The first kappa shape index (κ1) is 16.4. The summed E-state index contributed by atoms with van der Waals surface area (Å²) >= 11 is 0. The van der Waals surface area contributed by atoms with Gasteiger partial charge in [0.1, 0.15) is 0 Å². The summed E-state index contributed by atoms with van der Waals surface area (Å²) < 4.78 is 0. The third-order valence-electron chi connectivity index (χ3n) is 2.76. The van der Waals surface area contributed by atoms with Crippen LogP contribution in [0.4, 0.5) is 0 Å². The molecule has 2 aromatic rings. The molecule has 0 amide bonds. The Kier molecular flexibility index (Phi) is 7.46. The molecule has 3 heteroatoms. The van der Waals surface area contributed by atoms with Gasteiger partial charge in [-0.15, -0.1) is 34.1 Å². The molecule has 0 aromatic heterocycles. The van der Waals surface area contributed by atoms with Gasteiger partial charge in [-0.3, -0.25) is 0 Å². The van der Waals surface area contributed by atoms with E-state index in [9.17, 15) is 0 Å². The second kappa shape index (κ2) is 7.71. The molecule has 0 heterocycles. The van der Waals surface area contributed by atoms with Crippen molar-refractivity contribution in [2.24, 2.45) is 0 Å². The van der Waals surface area contributed by atoms with Gasteiger partial charge in [0, 0.05) is 5.92 Å². The van der Waals surface area contributed by atoms with Crippen LogP contribution in [0.25, 0.3) is 0 Å². The van der Waals surface area contributed by atoms with Crippen LogP contribution < -0.4 is 5.30 Å². The van der Waals surface area contributed by atoms with Gasteiger partial charge >= 0.3 is 0 Å². The van der Waals surface area contributed by atoms with E-state index in [1.54, 1.807) is 0 Å². The standard InChI is InChI=1S/C14H15P.2ClH/c1-11(12-7-3-2-4-8-12)13-9-5-6-10-14(13)15;;/h2-11H,15H2,1H3;2*1H. The molecule has 0 fully saturated rings. The third-order valence-corrected chi connectivity index (χ3v) is 3.29. The summed E-state index contributed by atoms with van der Waals surface area (Å²) in [5.74, 6) is 0.458. The quantitative estimate of drug-likeness (QED) is 0.727. The van der Waals surface area contributed by atoms with Gasteiger partial charge in [0.25, 0.3) is 0 Å². The van der Waals surface area contributed by atoms with E-state index < -0.39 is 0 Å². The SMILES string of the molecule is CC(c1ccccc1)c1ccccc1P.Cl.Cl. The molecule has 2 rings (SSSR count). The molecule has 0 aliphatic rings. The molecule has 2 atom stereocenters. The van der Waals surface area contributed by atoms with Crippen molar-refractivity contribution in [2.45, 2.75) is 12.8 Å². The highest BCUT2D eigenvalue weighted by Crippen LogP contribution is 2.23. The lowest BCUT2D eigenvalue weighted by Gasteiger charge is -2.14. The highest BCUT2D eigenvalue weighted by molar-refractivity contribution is 7.27. The normalized spacial score (nSPS) is 10.9. The first-order valence-corrected chi connectivity index (χ1v) is 5.76. The summed E-state index contributed by atoms with van der Waals surface area (Å²) in [7, 11) is 2.81. The van der Waals surface area contributed by atoms with E-state index in [0.717, 1.165) is 0 Å². The van der Waals surface area contributed by atoms with Crippen molar-refractivity contribution >= 4 is 39.4 Å². The van der Waals surface area contributed by atoms with Crippen molar-refractivity contribution in [2.75, 3.05) is 0 Å². The van der Waals surface area contributed by atoms with Crippen LogP contribution in [-0.2, 0) is 0 Å². The molecule has 0 nitrogen and oxygen atoms in total. The maximum atomic E-state index is 2.81. The predicted octanol–water partition coefficient (Wildman–Crippen LogP) is 4.18. The second-order valence-corrected chi connectivity index (χ2v) is 4.38. The third kappa shape index (κ3) is 4.00. The molecule has 0 aliphatic heterocycles. The van der Waals surface area contributed by atoms with Crippen molar-refractivity contribution in [3.05, 3.63) is 65.7 Å². The minimum absolute atomic E-state index is 0. The zero-order valence-electron chi connectivity index (χ0n) is 9.67. The Labute approximate surface area is 118 Å². The Bertz CT molecular complexity index is 443. The maximum Gasteiger partial charge on any atom is 0.00671 e. The fourth-order valence-electron chi connectivity index (χ4n) is 1.83. The Morgan fingerprint density at radius 2 is 1.35 bits per heavy atom. The maximum absolute atomic E-state index is 2.81. The van der Waals surface area contributed by atoms with Crippen LogP contribution >= 0.6 is 34.1 Å². The summed E-state index contributed by atoms with van der Waals surface area (Å²) in [5, 5.41) is 1.29. The Morgan fingerprint density at radius 1 is 0.824 bits per heavy atom. The first-order chi connectivity index (χ1) is 7.29. The largest absolute Gasteiger partial charge is 0.147 e. The van der Waals surface area contributed by atoms with Crippen LogP contribution in [0.3, 0.4) is 0 Å². The number of benzene rings is 2. The van der Waals surface area contributed by atoms with Crippen LogP contribution in [0.5, 0.6) is 0 Å². The van der Waals surface area contributed by atoms with Crippen LogP contribution in [0.1, 0.15) is 24.0 Å². The summed E-state index contributed by atoms with van der Waals surface area (Å²) in [6.45, 7) is 2.25. The fourth-order valence-corrected chi connectivity index (χ4v) is 2.28. The highest BCUT2D eigenvalue weighted by Gasteiger charge is 2.09. The van der Waals surface area contributed by atoms with Gasteiger partial charge in [0.05, 0.1) is 0 Å². The van der Waals surface area contributed by atoms with Crippen molar-refractivity contribution in [1.82, 2.24) is 0 Å². The van der Waals surface area contributed by atoms with E-state index >= 15 is 0 Å². The molecule has 0 aliphatic carbocycles. The van der Waals surface area contributed by atoms with Crippen LogP contribution in [0.2, 0.25) is 0 Å². The van der Waals surface area contributed by atoms with Gasteiger partial charge in [-0.05, 0) is 16.4 Å². The summed E-state index contributed by atoms with van der Waals surface area (Å²) in [6.07, 6.45) is 0. The van der Waals surface area contributed by atoms with E-state index in [1.165, 1.54) is 16.4 Å². The zero-order valence-corrected chi connectivity index (χ0v) is 12.5. The molecule has 2 unspecified atom stereocenters. The average molecular weight is 287 g/mol. The molecule has 0 bridgehead atoms. The van der Waals surface area contributed by atoms with E-state index in [1.807, 2.05) is 0 Å². The fraction of sp³-hybridized carbons (Fsp3) is 0.143. The van der Waals surface area contributed by atoms with Gasteiger partial charge in [-0.2, -0.15) is 0 Å². The molecule has 0 N–H and O–H groups in total. The van der Waals surface area contributed by atoms with E-state index in [0.29, 0.717) is 5.92 Å². The molecule has 0 saturated heterocycles.